The van der Waals surface area contributed by atoms with Gasteiger partial charge in [-0.25, -0.2) is 0 Å². The molecule has 4 aromatic carbocycles. The Morgan fingerprint density at radius 3 is 1.92 bits per heavy atom. The summed E-state index contributed by atoms with van der Waals surface area (Å²) in [5.41, 5.74) is 1.59. The summed E-state index contributed by atoms with van der Waals surface area (Å²) in [6.45, 7) is 0. The van der Waals surface area contributed by atoms with Gasteiger partial charge in [0.05, 0.1) is 0 Å². The van der Waals surface area contributed by atoms with Crippen LogP contribution < -0.4 is 0 Å². The van der Waals surface area contributed by atoms with Crippen LogP contribution in [-0.4, -0.2) is 11.0 Å². The van der Waals surface area contributed by atoms with Crippen LogP contribution >= 0.6 is 11.6 Å². The average molecular weight is 345 g/mol. The van der Waals surface area contributed by atoms with Crippen LogP contribution in [0.25, 0.3) is 21.5 Å². The van der Waals surface area contributed by atoms with Crippen molar-refractivity contribution in [2.45, 2.75) is 0 Å². The predicted molar refractivity (Wildman–Crippen MR) is 102 cm³/mol. The molecule has 0 unspecified atom stereocenters. The summed E-state index contributed by atoms with van der Waals surface area (Å²) in [5, 5.41) is 2.84. The van der Waals surface area contributed by atoms with Crippen LogP contribution in [-0.2, 0) is 0 Å². The number of benzene rings is 4. The first-order valence-corrected chi connectivity index (χ1v) is 8.28. The lowest BCUT2D eigenvalue weighted by Crippen LogP contribution is -2.03. The molecule has 0 amide bonds. The van der Waals surface area contributed by atoms with Gasteiger partial charge in [-0.3, -0.25) is 9.59 Å². The number of rotatable bonds is 3. The lowest BCUT2D eigenvalue weighted by molar-refractivity contribution is 0.103. The largest absolute Gasteiger partial charge is 0.289 e. The normalized spacial score (nSPS) is 10.9. The first kappa shape index (κ1) is 15.6. The van der Waals surface area contributed by atoms with Crippen LogP contribution in [0.15, 0.2) is 78.9 Å². The molecule has 0 radical (unpaired) electrons. The molecule has 0 aromatic heterocycles. The minimum Gasteiger partial charge on any atom is -0.289 e. The van der Waals surface area contributed by atoms with Crippen LogP contribution in [0.3, 0.4) is 0 Å². The van der Waals surface area contributed by atoms with Gasteiger partial charge in [-0.05, 0) is 39.2 Å². The topological polar surface area (TPSA) is 34.1 Å². The molecule has 0 saturated heterocycles. The fraction of sp³-hybridized carbons (Fsp3) is 0. The number of fused-ring (bicyclic) bond motifs is 3. The van der Waals surface area contributed by atoms with Gasteiger partial charge in [-0.15, -0.1) is 0 Å². The predicted octanol–water partition coefficient (Wildman–Crippen LogP) is 5.60. The molecule has 2 nitrogen and oxygen atoms in total. The first-order chi connectivity index (χ1) is 12.2. The summed E-state index contributed by atoms with van der Waals surface area (Å²) in [5.74, 6) is -0.0746. The Kier molecular flexibility index (Phi) is 3.83. The SMILES string of the molecule is O=C(Cl)c1cc2c(C(=O)c3ccccc3)cccc2c2ccccc12. The summed E-state index contributed by atoms with van der Waals surface area (Å²) in [6, 6.07) is 24.1. The number of halogens is 1. The number of hydrogen-bond acceptors (Lipinski definition) is 2. The van der Waals surface area contributed by atoms with Crippen molar-refractivity contribution in [3.8, 4) is 0 Å². The van der Waals surface area contributed by atoms with Crippen LogP contribution in [0.2, 0.25) is 0 Å². The van der Waals surface area contributed by atoms with Crippen molar-refractivity contribution in [3.05, 3.63) is 95.6 Å². The smallest absolute Gasteiger partial charge is 0.253 e. The van der Waals surface area contributed by atoms with Crippen LogP contribution in [0.5, 0.6) is 0 Å². The Morgan fingerprint density at radius 2 is 1.20 bits per heavy atom. The van der Waals surface area contributed by atoms with E-state index in [9.17, 15) is 9.59 Å². The molecule has 0 N–H and O–H groups in total. The van der Waals surface area contributed by atoms with E-state index in [4.69, 9.17) is 11.6 Å². The molecule has 0 spiro atoms. The van der Waals surface area contributed by atoms with Gasteiger partial charge in [0, 0.05) is 16.7 Å². The monoisotopic (exact) mass is 344 g/mol. The maximum Gasteiger partial charge on any atom is 0.253 e. The first-order valence-electron chi connectivity index (χ1n) is 7.91. The molecular formula is C22H13ClO2. The molecule has 0 fully saturated rings. The Morgan fingerprint density at radius 1 is 0.600 bits per heavy atom. The molecule has 0 aliphatic rings. The number of ketones is 1. The maximum atomic E-state index is 13.0. The second-order valence-corrected chi connectivity index (χ2v) is 6.18. The maximum absolute atomic E-state index is 13.0. The molecule has 0 saturated carbocycles. The Hall–Kier alpha value is -2.97. The Labute approximate surface area is 149 Å². The summed E-state index contributed by atoms with van der Waals surface area (Å²) in [6.07, 6.45) is 0. The van der Waals surface area contributed by atoms with E-state index in [-0.39, 0.29) is 5.78 Å². The van der Waals surface area contributed by atoms with Crippen LogP contribution in [0.1, 0.15) is 26.3 Å². The zero-order chi connectivity index (χ0) is 17.4. The lowest BCUT2D eigenvalue weighted by Gasteiger charge is -2.11. The lowest BCUT2D eigenvalue weighted by atomic mass is 9.92. The number of hydrogen-bond donors (Lipinski definition) is 0. The minimum absolute atomic E-state index is 0.0746. The van der Waals surface area contributed by atoms with Crippen molar-refractivity contribution in [3.63, 3.8) is 0 Å². The minimum atomic E-state index is -0.528. The van der Waals surface area contributed by atoms with Crippen molar-refractivity contribution in [2.75, 3.05) is 0 Å². The van der Waals surface area contributed by atoms with Gasteiger partial charge in [-0.1, -0.05) is 72.8 Å². The van der Waals surface area contributed by atoms with Gasteiger partial charge in [0.1, 0.15) is 0 Å². The highest BCUT2D eigenvalue weighted by molar-refractivity contribution is 6.68. The second-order valence-electron chi connectivity index (χ2n) is 5.84. The highest BCUT2D eigenvalue weighted by atomic mass is 35.5. The quantitative estimate of drug-likeness (QED) is 0.275. The molecule has 120 valence electrons. The summed E-state index contributed by atoms with van der Waals surface area (Å²) in [7, 11) is 0. The van der Waals surface area contributed by atoms with Gasteiger partial charge >= 0.3 is 0 Å². The van der Waals surface area contributed by atoms with Gasteiger partial charge in [-0.2, -0.15) is 0 Å². The van der Waals surface area contributed by atoms with E-state index >= 15 is 0 Å². The molecule has 25 heavy (non-hydrogen) atoms. The average Bonchev–Trinajstić information content (AvgIpc) is 2.67. The van der Waals surface area contributed by atoms with Crippen LogP contribution in [0, 0.1) is 0 Å². The number of carbonyl (C=O) groups excluding carboxylic acids is 2. The van der Waals surface area contributed by atoms with E-state index in [0.717, 1.165) is 21.5 Å². The molecule has 4 rings (SSSR count). The van der Waals surface area contributed by atoms with E-state index in [1.54, 1.807) is 24.3 Å². The summed E-state index contributed by atoms with van der Waals surface area (Å²) >= 11 is 5.81. The third-order valence-corrected chi connectivity index (χ3v) is 4.60. The van der Waals surface area contributed by atoms with Crippen molar-refractivity contribution >= 4 is 44.2 Å². The molecule has 0 atom stereocenters. The zero-order valence-corrected chi connectivity index (χ0v) is 14.0. The van der Waals surface area contributed by atoms with E-state index < -0.39 is 5.24 Å². The summed E-state index contributed by atoms with van der Waals surface area (Å²) < 4.78 is 0. The highest BCUT2D eigenvalue weighted by Crippen LogP contribution is 2.32. The van der Waals surface area contributed by atoms with E-state index in [1.165, 1.54) is 0 Å². The van der Waals surface area contributed by atoms with Gasteiger partial charge in [0.25, 0.3) is 5.24 Å². The van der Waals surface area contributed by atoms with Crippen molar-refractivity contribution in [1.29, 1.82) is 0 Å². The molecular weight excluding hydrogens is 332 g/mol. The second kappa shape index (κ2) is 6.15. The van der Waals surface area contributed by atoms with E-state index in [1.807, 2.05) is 54.6 Å². The Balaban J connectivity index is 2.08. The molecule has 0 aliphatic carbocycles. The van der Waals surface area contributed by atoms with Gasteiger partial charge in [0.15, 0.2) is 5.78 Å². The molecule has 0 aliphatic heterocycles. The van der Waals surface area contributed by atoms with Gasteiger partial charge < -0.3 is 0 Å². The highest BCUT2D eigenvalue weighted by Gasteiger charge is 2.17. The fourth-order valence-electron chi connectivity index (χ4n) is 3.24. The Bertz CT molecular complexity index is 1130. The molecule has 0 heterocycles. The molecule has 0 bridgehead atoms. The zero-order valence-electron chi connectivity index (χ0n) is 13.2. The molecule has 3 heteroatoms. The summed E-state index contributed by atoms with van der Waals surface area (Å²) in [4.78, 5) is 24.9. The van der Waals surface area contributed by atoms with Crippen molar-refractivity contribution < 1.29 is 9.59 Å². The van der Waals surface area contributed by atoms with Crippen molar-refractivity contribution in [2.24, 2.45) is 0 Å². The van der Waals surface area contributed by atoms with E-state index in [0.29, 0.717) is 16.7 Å². The molecule has 4 aromatic rings. The third-order valence-electron chi connectivity index (χ3n) is 4.39. The third kappa shape index (κ3) is 2.61. The number of carbonyl (C=O) groups is 2. The fourth-order valence-corrected chi connectivity index (χ4v) is 3.39. The van der Waals surface area contributed by atoms with Crippen molar-refractivity contribution in [1.82, 2.24) is 0 Å². The van der Waals surface area contributed by atoms with E-state index in [2.05, 4.69) is 0 Å². The standard InChI is InChI=1S/C22H13ClO2/c23-22(25)20-13-19-16(15-9-4-5-10-17(15)20)11-6-12-18(19)21(24)14-7-2-1-3-8-14/h1-13H. The van der Waals surface area contributed by atoms with Gasteiger partial charge in [0.2, 0.25) is 0 Å². The van der Waals surface area contributed by atoms with Crippen LogP contribution in [0.4, 0.5) is 0 Å².